The smallest absolute Gasteiger partial charge is 0.177 e. The molecule has 6 aromatic rings. The van der Waals surface area contributed by atoms with Gasteiger partial charge in [-0.3, -0.25) is 4.98 Å². The summed E-state index contributed by atoms with van der Waals surface area (Å²) in [6, 6.07) is 26.5. The molecule has 3 aromatic carbocycles. The zero-order chi connectivity index (χ0) is 22.1. The highest BCUT2D eigenvalue weighted by Crippen LogP contribution is 2.47. The van der Waals surface area contributed by atoms with Crippen molar-refractivity contribution < 1.29 is 0 Å². The Bertz CT molecular complexity index is 1800. The molecule has 150 valence electrons. The molecule has 0 aliphatic heterocycles. The van der Waals surface area contributed by atoms with E-state index < -0.39 is 0 Å². The maximum Gasteiger partial charge on any atom is 0.177 e. The van der Waals surface area contributed by atoms with Gasteiger partial charge in [-0.05, 0) is 30.3 Å². The molecule has 0 radical (unpaired) electrons. The van der Waals surface area contributed by atoms with Gasteiger partial charge in [0.05, 0.1) is 33.6 Å². The number of nitrogens with zero attached hydrogens (tertiary/aromatic N) is 6. The summed E-state index contributed by atoms with van der Waals surface area (Å²) in [7, 11) is 0. The van der Waals surface area contributed by atoms with Crippen LogP contribution in [-0.2, 0) is 0 Å². The number of hydrogen-bond acceptors (Lipinski definition) is 5. The van der Waals surface area contributed by atoms with Crippen LogP contribution in [0.5, 0.6) is 0 Å². The molecule has 0 amide bonds. The van der Waals surface area contributed by atoms with E-state index in [1.807, 2.05) is 54.7 Å². The largest absolute Gasteiger partial charge is 0.307 e. The van der Waals surface area contributed by atoms with Crippen molar-refractivity contribution in [3.8, 4) is 40.3 Å². The number of nitriles is 2. The average molecular weight is 420 g/mol. The van der Waals surface area contributed by atoms with E-state index >= 15 is 0 Å². The summed E-state index contributed by atoms with van der Waals surface area (Å²) in [4.78, 5) is 13.7. The van der Waals surface area contributed by atoms with E-state index in [1.54, 1.807) is 0 Å². The van der Waals surface area contributed by atoms with Crippen molar-refractivity contribution in [1.29, 1.82) is 10.5 Å². The Morgan fingerprint density at radius 2 is 1.36 bits per heavy atom. The van der Waals surface area contributed by atoms with Crippen molar-refractivity contribution in [2.45, 2.75) is 0 Å². The summed E-state index contributed by atoms with van der Waals surface area (Å²) >= 11 is 0. The van der Waals surface area contributed by atoms with E-state index in [9.17, 15) is 10.5 Å². The molecule has 0 saturated heterocycles. The number of hydrogen-bond donors (Lipinski definition) is 0. The second-order valence-electron chi connectivity index (χ2n) is 7.93. The average Bonchev–Trinajstić information content (AvgIpc) is 3.37. The number of fused-ring (bicyclic) bond motifs is 6. The third-order valence-corrected chi connectivity index (χ3v) is 6.30. The Morgan fingerprint density at radius 3 is 2.15 bits per heavy atom. The first-order valence-corrected chi connectivity index (χ1v) is 10.4. The molecule has 6 heteroatoms. The normalized spacial score (nSPS) is 11.6. The van der Waals surface area contributed by atoms with Gasteiger partial charge >= 0.3 is 0 Å². The van der Waals surface area contributed by atoms with Crippen LogP contribution in [-0.4, -0.2) is 19.5 Å². The van der Waals surface area contributed by atoms with Gasteiger partial charge in [0.2, 0.25) is 0 Å². The minimum atomic E-state index is 0.0507. The molecule has 0 saturated carbocycles. The topological polar surface area (TPSA) is 91.2 Å². The molecule has 0 atom stereocenters. The summed E-state index contributed by atoms with van der Waals surface area (Å²) in [6.45, 7) is 0. The molecule has 0 spiro atoms. The zero-order valence-electron chi connectivity index (χ0n) is 17.1. The molecule has 0 bridgehead atoms. The maximum atomic E-state index is 9.45. The van der Waals surface area contributed by atoms with Crippen LogP contribution in [0, 0.1) is 22.7 Å². The molecule has 6 nitrogen and oxygen atoms in total. The quantitative estimate of drug-likeness (QED) is 0.349. The summed E-state index contributed by atoms with van der Waals surface area (Å²) in [5, 5.41) is 22.1. The number of rotatable bonds is 1. The molecule has 1 aliphatic carbocycles. The van der Waals surface area contributed by atoms with Gasteiger partial charge < -0.3 is 4.57 Å². The Hall–Kier alpha value is -5.07. The van der Waals surface area contributed by atoms with E-state index in [0.29, 0.717) is 11.4 Å². The molecule has 0 N–H and O–H groups in total. The number of para-hydroxylation sites is 1. The van der Waals surface area contributed by atoms with Gasteiger partial charge in [-0.15, -0.1) is 0 Å². The van der Waals surface area contributed by atoms with Crippen molar-refractivity contribution in [1.82, 2.24) is 19.5 Å². The summed E-state index contributed by atoms with van der Waals surface area (Å²) in [6.07, 6.45) is 1.82. The van der Waals surface area contributed by atoms with Crippen LogP contribution in [0.3, 0.4) is 0 Å². The number of aromatic nitrogens is 4. The molecular formula is C27H12N6. The molecule has 33 heavy (non-hydrogen) atoms. The lowest BCUT2D eigenvalue weighted by Gasteiger charge is -2.12. The predicted molar refractivity (Wildman–Crippen MR) is 126 cm³/mol. The van der Waals surface area contributed by atoms with E-state index in [-0.39, 0.29) is 11.4 Å². The van der Waals surface area contributed by atoms with Crippen molar-refractivity contribution in [2.75, 3.05) is 0 Å². The highest BCUT2D eigenvalue weighted by molar-refractivity contribution is 6.17. The standard InChI is InChI=1S/C27H12N6/c28-13-19-20(14-29)32-27-18-10-11-22(15-6-3-7-17(24(15)18)26(27)31-19)33-21-8-2-1-5-16(21)25-23(33)9-4-12-30-25/h1-12H. The summed E-state index contributed by atoms with van der Waals surface area (Å²) in [5.74, 6) is 0. The second kappa shape index (κ2) is 6.23. The van der Waals surface area contributed by atoms with Gasteiger partial charge in [0, 0.05) is 33.5 Å². The van der Waals surface area contributed by atoms with E-state index in [0.717, 1.165) is 49.5 Å². The van der Waals surface area contributed by atoms with Crippen LogP contribution in [0.15, 0.2) is 72.9 Å². The molecule has 3 aromatic heterocycles. The van der Waals surface area contributed by atoms with Crippen molar-refractivity contribution in [3.63, 3.8) is 0 Å². The molecular weight excluding hydrogens is 408 g/mol. The van der Waals surface area contributed by atoms with Crippen LogP contribution in [0.2, 0.25) is 0 Å². The summed E-state index contributed by atoms with van der Waals surface area (Å²) < 4.78 is 2.24. The van der Waals surface area contributed by atoms with Crippen LogP contribution in [0.4, 0.5) is 0 Å². The fourth-order valence-corrected chi connectivity index (χ4v) is 4.99. The lowest BCUT2D eigenvalue weighted by molar-refractivity contribution is 1.15. The van der Waals surface area contributed by atoms with Crippen LogP contribution < -0.4 is 0 Å². The monoisotopic (exact) mass is 420 g/mol. The molecule has 0 unspecified atom stereocenters. The fraction of sp³-hybridized carbons (Fsp3) is 0. The zero-order valence-corrected chi connectivity index (χ0v) is 17.1. The molecule has 3 heterocycles. The van der Waals surface area contributed by atoms with Gasteiger partial charge in [0.15, 0.2) is 11.4 Å². The highest BCUT2D eigenvalue weighted by Gasteiger charge is 2.28. The fourth-order valence-electron chi connectivity index (χ4n) is 4.99. The van der Waals surface area contributed by atoms with E-state index in [4.69, 9.17) is 0 Å². The van der Waals surface area contributed by atoms with Crippen molar-refractivity contribution in [2.24, 2.45) is 0 Å². The third kappa shape index (κ3) is 2.16. The van der Waals surface area contributed by atoms with Crippen LogP contribution >= 0.6 is 0 Å². The van der Waals surface area contributed by atoms with E-state index in [2.05, 4.69) is 49.9 Å². The number of benzene rings is 3. The van der Waals surface area contributed by atoms with Gasteiger partial charge in [0.1, 0.15) is 12.1 Å². The van der Waals surface area contributed by atoms with Crippen LogP contribution in [0.25, 0.3) is 60.9 Å². The summed E-state index contributed by atoms with van der Waals surface area (Å²) in [5.41, 5.74) is 7.34. The van der Waals surface area contributed by atoms with Gasteiger partial charge in [-0.2, -0.15) is 10.5 Å². The SMILES string of the molecule is N#Cc1nc2c(nc1C#N)-c1ccc(-n3c4ccccc4c4ncccc43)c3cccc-2c13. The minimum Gasteiger partial charge on any atom is -0.307 e. The Morgan fingerprint density at radius 1 is 0.667 bits per heavy atom. The van der Waals surface area contributed by atoms with Crippen LogP contribution in [0.1, 0.15) is 11.4 Å². The minimum absolute atomic E-state index is 0.0507. The first kappa shape index (κ1) is 17.6. The first-order valence-electron chi connectivity index (χ1n) is 10.4. The highest BCUT2D eigenvalue weighted by atomic mass is 15.0. The maximum absolute atomic E-state index is 9.45. The van der Waals surface area contributed by atoms with Gasteiger partial charge in [-0.1, -0.05) is 36.4 Å². The van der Waals surface area contributed by atoms with Crippen molar-refractivity contribution >= 4 is 32.7 Å². The lowest BCUT2D eigenvalue weighted by atomic mass is 10.0. The first-order chi connectivity index (χ1) is 16.3. The molecule has 0 fully saturated rings. The Labute approximate surface area is 187 Å². The Balaban J connectivity index is 1.61. The molecule has 7 rings (SSSR count). The van der Waals surface area contributed by atoms with Crippen molar-refractivity contribution in [3.05, 3.63) is 84.3 Å². The Kier molecular flexibility index (Phi) is 3.32. The second-order valence-corrected chi connectivity index (χ2v) is 7.93. The predicted octanol–water partition coefficient (Wildman–Crippen LogP) is 5.51. The van der Waals surface area contributed by atoms with Gasteiger partial charge in [0.25, 0.3) is 0 Å². The molecule has 1 aliphatic rings. The number of pyridine rings is 1. The van der Waals surface area contributed by atoms with Gasteiger partial charge in [-0.25, -0.2) is 9.97 Å². The van der Waals surface area contributed by atoms with E-state index in [1.165, 1.54) is 0 Å². The third-order valence-electron chi connectivity index (χ3n) is 6.30. The lowest BCUT2D eigenvalue weighted by Crippen LogP contribution is -1.97.